The van der Waals surface area contributed by atoms with Crippen LogP contribution in [0.1, 0.15) is 31.2 Å². The van der Waals surface area contributed by atoms with Crippen molar-refractivity contribution in [1.82, 2.24) is 4.98 Å². The van der Waals surface area contributed by atoms with Crippen molar-refractivity contribution in [3.05, 3.63) is 47.7 Å². The zero-order valence-corrected chi connectivity index (χ0v) is 14.1. The molecule has 1 saturated heterocycles. The lowest BCUT2D eigenvalue weighted by Gasteiger charge is -2.34. The molecule has 6 nitrogen and oxygen atoms in total. The number of carboxylic acid groups (broad SMARTS) is 1. The van der Waals surface area contributed by atoms with Gasteiger partial charge in [-0.25, -0.2) is 4.98 Å². The summed E-state index contributed by atoms with van der Waals surface area (Å²) in [6.07, 6.45) is 3.02. The highest BCUT2D eigenvalue weighted by atomic mass is 16.5. The number of ether oxygens (including phenoxy) is 2. The van der Waals surface area contributed by atoms with Crippen molar-refractivity contribution in [3.8, 4) is 0 Å². The van der Waals surface area contributed by atoms with Crippen LogP contribution in [0.2, 0.25) is 0 Å². The third-order valence-corrected chi connectivity index (χ3v) is 4.24. The number of carbonyl (C=O) groups excluding carboxylic acids is 1. The number of esters is 1. The van der Waals surface area contributed by atoms with E-state index in [0.29, 0.717) is 5.69 Å². The highest BCUT2D eigenvalue weighted by Gasteiger charge is 2.43. The van der Waals surface area contributed by atoms with Crippen molar-refractivity contribution in [2.45, 2.75) is 20.0 Å². The van der Waals surface area contributed by atoms with E-state index in [1.54, 1.807) is 19.1 Å². The molecule has 1 N–H and O–H groups in total. The van der Waals surface area contributed by atoms with Crippen LogP contribution in [0.3, 0.4) is 0 Å². The van der Waals surface area contributed by atoms with Gasteiger partial charge in [-0.15, -0.1) is 0 Å². The molecule has 0 amide bonds. The van der Waals surface area contributed by atoms with Gasteiger partial charge in [0.15, 0.2) is 0 Å². The van der Waals surface area contributed by atoms with E-state index in [4.69, 9.17) is 9.47 Å². The average Bonchev–Trinajstić information content (AvgIpc) is 2.52. The van der Waals surface area contributed by atoms with Crippen LogP contribution in [-0.2, 0) is 19.1 Å². The van der Waals surface area contributed by atoms with Gasteiger partial charge in [0.05, 0.1) is 24.4 Å². The first kappa shape index (κ1) is 17.1. The van der Waals surface area contributed by atoms with Crippen molar-refractivity contribution in [2.24, 2.45) is 5.41 Å². The fraction of sp³-hybridized carbons (Fsp3) is 0.316. The Hall–Kier alpha value is -2.73. The maximum absolute atomic E-state index is 11.4. The number of fused-ring (bicyclic) bond motifs is 1. The lowest BCUT2D eigenvalue weighted by Crippen LogP contribution is -2.47. The standard InChI is InChI=1S/C19H19NO5/c1-12(25-13(2)21)16-6-5-15-4-3-14(9-17(15)20-16)7-8-19(18(22)23)10-24-11-19/h3-9,12H,10-11H2,1-2H3,(H,22,23)/t12-/m1/s1. The summed E-state index contributed by atoms with van der Waals surface area (Å²) in [5, 5.41) is 10.3. The summed E-state index contributed by atoms with van der Waals surface area (Å²) in [4.78, 5) is 27.0. The number of aliphatic carboxylic acids is 1. The van der Waals surface area contributed by atoms with Gasteiger partial charge < -0.3 is 14.6 Å². The SMILES string of the molecule is CC(=O)O[C@H](C)c1ccc2ccc(C=CC3(C(=O)O)COC3)cc2n1. The number of benzene rings is 1. The van der Waals surface area contributed by atoms with E-state index >= 15 is 0 Å². The van der Waals surface area contributed by atoms with Crippen LogP contribution in [0, 0.1) is 5.41 Å². The topological polar surface area (TPSA) is 85.7 Å². The predicted molar refractivity (Wildman–Crippen MR) is 91.8 cm³/mol. The maximum Gasteiger partial charge on any atom is 0.318 e. The third-order valence-electron chi connectivity index (χ3n) is 4.24. The zero-order chi connectivity index (χ0) is 18.0. The molecule has 1 aliphatic heterocycles. The summed E-state index contributed by atoms with van der Waals surface area (Å²) in [5.74, 6) is -1.24. The molecule has 25 heavy (non-hydrogen) atoms. The number of hydrogen-bond acceptors (Lipinski definition) is 5. The molecule has 3 rings (SSSR count). The van der Waals surface area contributed by atoms with E-state index < -0.39 is 17.5 Å². The van der Waals surface area contributed by atoms with E-state index in [9.17, 15) is 14.7 Å². The molecule has 6 heteroatoms. The maximum atomic E-state index is 11.4. The Morgan fingerprint density at radius 1 is 1.32 bits per heavy atom. The molecule has 1 fully saturated rings. The summed E-state index contributed by atoms with van der Waals surface area (Å²) in [7, 11) is 0. The lowest BCUT2D eigenvalue weighted by atomic mass is 9.85. The van der Waals surface area contributed by atoms with Gasteiger partial charge in [-0.1, -0.05) is 30.4 Å². The molecule has 1 aromatic carbocycles. The number of rotatable bonds is 5. The molecule has 1 atom stereocenters. The van der Waals surface area contributed by atoms with Crippen LogP contribution in [0.4, 0.5) is 0 Å². The van der Waals surface area contributed by atoms with Gasteiger partial charge >= 0.3 is 11.9 Å². The number of aromatic nitrogens is 1. The van der Waals surface area contributed by atoms with Gasteiger partial charge in [0, 0.05) is 12.3 Å². The fourth-order valence-corrected chi connectivity index (χ4v) is 2.66. The minimum atomic E-state index is -0.936. The predicted octanol–water partition coefficient (Wildman–Crippen LogP) is 2.97. The molecule has 0 saturated carbocycles. The Bertz CT molecular complexity index is 854. The Labute approximate surface area is 145 Å². The van der Waals surface area contributed by atoms with Crippen LogP contribution < -0.4 is 0 Å². The van der Waals surface area contributed by atoms with Crippen molar-refractivity contribution in [3.63, 3.8) is 0 Å². The normalized spacial score (nSPS) is 17.2. The molecule has 130 valence electrons. The van der Waals surface area contributed by atoms with Gasteiger partial charge in [0.1, 0.15) is 11.5 Å². The summed E-state index contributed by atoms with van der Waals surface area (Å²) >= 11 is 0. The minimum absolute atomic E-state index is 0.189. The molecule has 2 aromatic rings. The lowest BCUT2D eigenvalue weighted by molar-refractivity contribution is -0.169. The van der Waals surface area contributed by atoms with Crippen molar-refractivity contribution < 1.29 is 24.2 Å². The van der Waals surface area contributed by atoms with Crippen molar-refractivity contribution in [1.29, 1.82) is 0 Å². The molecular formula is C19H19NO5. The Morgan fingerprint density at radius 2 is 2.04 bits per heavy atom. The van der Waals surface area contributed by atoms with Crippen molar-refractivity contribution in [2.75, 3.05) is 13.2 Å². The van der Waals surface area contributed by atoms with E-state index in [1.165, 1.54) is 6.92 Å². The molecule has 0 aliphatic carbocycles. The Kier molecular flexibility index (Phi) is 4.55. The largest absolute Gasteiger partial charge is 0.480 e. The summed E-state index contributed by atoms with van der Waals surface area (Å²) < 4.78 is 10.2. The van der Waals surface area contributed by atoms with Gasteiger partial charge in [0.2, 0.25) is 0 Å². The monoisotopic (exact) mass is 341 g/mol. The first-order valence-electron chi connectivity index (χ1n) is 7.98. The number of hydrogen-bond donors (Lipinski definition) is 1. The highest BCUT2D eigenvalue weighted by molar-refractivity contribution is 5.83. The van der Waals surface area contributed by atoms with Gasteiger partial charge in [0.25, 0.3) is 0 Å². The average molecular weight is 341 g/mol. The van der Waals surface area contributed by atoms with Crippen LogP contribution in [0.5, 0.6) is 0 Å². The second-order valence-electron chi connectivity index (χ2n) is 6.23. The summed E-state index contributed by atoms with van der Waals surface area (Å²) in [5.41, 5.74) is 1.34. The Morgan fingerprint density at radius 3 is 2.64 bits per heavy atom. The van der Waals surface area contributed by atoms with E-state index in [2.05, 4.69) is 4.98 Å². The van der Waals surface area contributed by atoms with E-state index in [0.717, 1.165) is 16.5 Å². The van der Waals surface area contributed by atoms with Gasteiger partial charge in [-0.2, -0.15) is 0 Å². The second kappa shape index (κ2) is 6.64. The minimum Gasteiger partial charge on any atom is -0.480 e. The molecule has 1 aliphatic rings. The number of nitrogens with zero attached hydrogens (tertiary/aromatic N) is 1. The van der Waals surface area contributed by atoms with Crippen LogP contribution in [0.15, 0.2) is 36.4 Å². The highest BCUT2D eigenvalue weighted by Crippen LogP contribution is 2.30. The third kappa shape index (κ3) is 3.53. The molecule has 0 unspecified atom stereocenters. The van der Waals surface area contributed by atoms with E-state index in [-0.39, 0.29) is 19.2 Å². The van der Waals surface area contributed by atoms with Gasteiger partial charge in [-0.3, -0.25) is 9.59 Å². The first-order chi connectivity index (χ1) is 11.9. The number of carboxylic acids is 1. The first-order valence-corrected chi connectivity index (χ1v) is 7.98. The van der Waals surface area contributed by atoms with E-state index in [1.807, 2.05) is 30.3 Å². The summed E-state index contributed by atoms with van der Waals surface area (Å²) in [6.45, 7) is 3.51. The number of carbonyl (C=O) groups is 2. The quantitative estimate of drug-likeness (QED) is 0.842. The van der Waals surface area contributed by atoms with Crippen LogP contribution in [0.25, 0.3) is 17.0 Å². The Balaban J connectivity index is 1.88. The van der Waals surface area contributed by atoms with Gasteiger partial charge in [-0.05, 0) is 24.6 Å². The molecule has 0 spiro atoms. The molecule has 0 bridgehead atoms. The second-order valence-corrected chi connectivity index (χ2v) is 6.23. The van der Waals surface area contributed by atoms with Crippen LogP contribution >= 0.6 is 0 Å². The molecular weight excluding hydrogens is 322 g/mol. The number of pyridine rings is 1. The molecule has 2 heterocycles. The zero-order valence-electron chi connectivity index (χ0n) is 14.1. The fourth-order valence-electron chi connectivity index (χ4n) is 2.66. The summed E-state index contributed by atoms with van der Waals surface area (Å²) in [6, 6.07) is 9.46. The molecule has 1 aromatic heterocycles. The smallest absolute Gasteiger partial charge is 0.318 e. The molecule has 0 radical (unpaired) electrons. The van der Waals surface area contributed by atoms with Crippen molar-refractivity contribution >= 4 is 28.9 Å². The van der Waals surface area contributed by atoms with Crippen LogP contribution in [-0.4, -0.2) is 35.2 Å².